The van der Waals surface area contributed by atoms with Crippen molar-refractivity contribution in [2.75, 3.05) is 0 Å². The molecule has 0 spiro atoms. The minimum absolute atomic E-state index is 0.329. The van der Waals surface area contributed by atoms with Gasteiger partial charge in [-0.1, -0.05) is 5.16 Å². The van der Waals surface area contributed by atoms with E-state index in [0.717, 1.165) is 0 Å². The second kappa shape index (κ2) is 5.78. The number of benzene rings is 1. The lowest BCUT2D eigenvalue weighted by molar-refractivity contribution is 0.322. The average Bonchev–Trinajstić information content (AvgIpc) is 2.81. The molecule has 0 saturated carbocycles. The van der Waals surface area contributed by atoms with E-state index >= 15 is 0 Å². The third-order valence-electron chi connectivity index (χ3n) is 2.56. The molecule has 0 bridgehead atoms. The van der Waals surface area contributed by atoms with E-state index in [1.165, 1.54) is 18.3 Å². The molecule has 6 heteroatoms. The van der Waals surface area contributed by atoms with Gasteiger partial charge >= 0.3 is 0 Å². The van der Waals surface area contributed by atoms with Crippen LogP contribution >= 0.6 is 0 Å². The van der Waals surface area contributed by atoms with Crippen molar-refractivity contribution in [1.29, 1.82) is 5.26 Å². The first kappa shape index (κ1) is 12.8. The standard InChI is InChI=1S/C13H11FN4O/c14-12-4-2-10(3-5-12)13-11(8-16-19)9-18(17-13)7-1-6-15/h2-5,8-9,19H,1,7H2/b16-8+. The van der Waals surface area contributed by atoms with Crippen molar-refractivity contribution in [3.8, 4) is 17.3 Å². The monoisotopic (exact) mass is 258 g/mol. The second-order valence-electron chi connectivity index (χ2n) is 3.86. The topological polar surface area (TPSA) is 74.2 Å². The maximum Gasteiger partial charge on any atom is 0.123 e. The van der Waals surface area contributed by atoms with Crippen LogP contribution in [0.25, 0.3) is 11.3 Å². The highest BCUT2D eigenvalue weighted by Crippen LogP contribution is 2.21. The molecule has 0 amide bonds. The quantitative estimate of drug-likeness (QED) is 0.520. The van der Waals surface area contributed by atoms with Gasteiger partial charge in [0, 0.05) is 17.3 Å². The van der Waals surface area contributed by atoms with Gasteiger partial charge in [0.1, 0.15) is 11.5 Å². The van der Waals surface area contributed by atoms with Gasteiger partial charge < -0.3 is 5.21 Å². The van der Waals surface area contributed by atoms with Gasteiger partial charge in [-0.3, -0.25) is 4.68 Å². The van der Waals surface area contributed by atoms with Gasteiger partial charge in [0.05, 0.1) is 25.2 Å². The summed E-state index contributed by atoms with van der Waals surface area (Å²) >= 11 is 0. The number of oxime groups is 1. The van der Waals surface area contributed by atoms with Crippen molar-refractivity contribution in [3.63, 3.8) is 0 Å². The number of nitriles is 1. The fraction of sp³-hybridized carbons (Fsp3) is 0.154. The summed E-state index contributed by atoms with van der Waals surface area (Å²) in [6.07, 6.45) is 3.27. The van der Waals surface area contributed by atoms with Crippen molar-refractivity contribution < 1.29 is 9.60 Å². The first-order chi connectivity index (χ1) is 9.24. The Bertz CT molecular complexity index is 625. The highest BCUT2D eigenvalue weighted by molar-refractivity contribution is 5.88. The zero-order valence-electron chi connectivity index (χ0n) is 9.99. The van der Waals surface area contributed by atoms with E-state index < -0.39 is 0 Å². The van der Waals surface area contributed by atoms with Crippen molar-refractivity contribution in [2.24, 2.45) is 5.16 Å². The zero-order valence-corrected chi connectivity index (χ0v) is 9.99. The number of aryl methyl sites for hydroxylation is 1. The molecule has 0 aliphatic carbocycles. The number of nitrogens with zero attached hydrogens (tertiary/aromatic N) is 4. The van der Waals surface area contributed by atoms with E-state index in [9.17, 15) is 4.39 Å². The predicted octanol–water partition coefficient (Wildman–Crippen LogP) is 2.41. The summed E-state index contributed by atoms with van der Waals surface area (Å²) in [5, 5.41) is 24.5. The fourth-order valence-corrected chi connectivity index (χ4v) is 1.70. The zero-order chi connectivity index (χ0) is 13.7. The van der Waals surface area contributed by atoms with E-state index in [0.29, 0.717) is 29.8 Å². The third kappa shape index (κ3) is 2.96. The smallest absolute Gasteiger partial charge is 0.123 e. The molecule has 1 N–H and O–H groups in total. The van der Waals surface area contributed by atoms with Crippen LogP contribution in [0, 0.1) is 17.1 Å². The molecule has 0 fully saturated rings. The Kier molecular flexibility index (Phi) is 3.88. The van der Waals surface area contributed by atoms with E-state index in [-0.39, 0.29) is 5.82 Å². The molecule has 19 heavy (non-hydrogen) atoms. The highest BCUT2D eigenvalue weighted by Gasteiger charge is 2.10. The molecular formula is C13H11FN4O. The molecular weight excluding hydrogens is 247 g/mol. The van der Waals surface area contributed by atoms with Gasteiger partial charge in [0.15, 0.2) is 0 Å². The lowest BCUT2D eigenvalue weighted by Crippen LogP contribution is -1.97. The summed E-state index contributed by atoms with van der Waals surface area (Å²) in [7, 11) is 0. The number of hydrogen-bond donors (Lipinski definition) is 1. The predicted molar refractivity (Wildman–Crippen MR) is 67.2 cm³/mol. The number of aromatic nitrogens is 2. The lowest BCUT2D eigenvalue weighted by Gasteiger charge is -1.98. The average molecular weight is 258 g/mol. The Hall–Kier alpha value is -2.68. The van der Waals surface area contributed by atoms with E-state index in [2.05, 4.69) is 10.3 Å². The molecule has 0 unspecified atom stereocenters. The number of rotatable bonds is 4. The molecule has 0 saturated heterocycles. The Morgan fingerprint density at radius 2 is 2.16 bits per heavy atom. The van der Waals surface area contributed by atoms with Crippen molar-refractivity contribution in [1.82, 2.24) is 9.78 Å². The Morgan fingerprint density at radius 3 is 2.79 bits per heavy atom. The van der Waals surface area contributed by atoms with Gasteiger partial charge in [0.2, 0.25) is 0 Å². The van der Waals surface area contributed by atoms with E-state index in [4.69, 9.17) is 10.5 Å². The summed E-state index contributed by atoms with van der Waals surface area (Å²) in [4.78, 5) is 0. The maximum atomic E-state index is 12.9. The molecule has 0 aliphatic heterocycles. The van der Waals surface area contributed by atoms with E-state index in [1.807, 2.05) is 6.07 Å². The number of halogens is 1. The normalized spacial score (nSPS) is 10.7. The van der Waals surface area contributed by atoms with Gasteiger partial charge in [0.25, 0.3) is 0 Å². The minimum Gasteiger partial charge on any atom is -0.411 e. The molecule has 1 aromatic carbocycles. The van der Waals surface area contributed by atoms with Crippen LogP contribution in [-0.2, 0) is 6.54 Å². The Labute approximate surface area is 109 Å². The third-order valence-corrected chi connectivity index (χ3v) is 2.56. The molecule has 1 heterocycles. The highest BCUT2D eigenvalue weighted by atomic mass is 19.1. The van der Waals surface area contributed by atoms with Crippen LogP contribution in [0.1, 0.15) is 12.0 Å². The number of hydrogen-bond acceptors (Lipinski definition) is 4. The molecule has 0 atom stereocenters. The molecule has 96 valence electrons. The summed E-state index contributed by atoms with van der Waals surface area (Å²) in [6.45, 7) is 0.448. The summed E-state index contributed by atoms with van der Waals surface area (Å²) in [5.74, 6) is -0.329. The lowest BCUT2D eigenvalue weighted by atomic mass is 10.1. The van der Waals surface area contributed by atoms with Crippen LogP contribution in [0.2, 0.25) is 0 Å². The molecule has 1 aromatic heterocycles. The fourth-order valence-electron chi connectivity index (χ4n) is 1.70. The summed E-state index contributed by atoms with van der Waals surface area (Å²) in [6, 6.07) is 7.90. The van der Waals surface area contributed by atoms with Crippen LogP contribution < -0.4 is 0 Å². The van der Waals surface area contributed by atoms with Crippen LogP contribution in [0.5, 0.6) is 0 Å². The molecule has 2 rings (SSSR count). The van der Waals surface area contributed by atoms with Gasteiger partial charge in [-0.15, -0.1) is 0 Å². The molecule has 2 aromatic rings. The second-order valence-corrected chi connectivity index (χ2v) is 3.86. The van der Waals surface area contributed by atoms with Crippen LogP contribution in [0.15, 0.2) is 35.6 Å². The first-order valence-electron chi connectivity index (χ1n) is 5.62. The molecule has 5 nitrogen and oxygen atoms in total. The summed E-state index contributed by atoms with van der Waals surface area (Å²) < 4.78 is 14.5. The molecule has 0 radical (unpaired) electrons. The maximum absolute atomic E-state index is 12.9. The van der Waals surface area contributed by atoms with Crippen molar-refractivity contribution in [2.45, 2.75) is 13.0 Å². The summed E-state index contributed by atoms with van der Waals surface area (Å²) in [5.41, 5.74) is 1.90. The van der Waals surface area contributed by atoms with Gasteiger partial charge in [-0.2, -0.15) is 10.4 Å². The first-order valence-corrected chi connectivity index (χ1v) is 5.62. The van der Waals surface area contributed by atoms with E-state index in [1.54, 1.807) is 23.0 Å². The molecule has 0 aliphatic rings. The Morgan fingerprint density at radius 1 is 1.42 bits per heavy atom. The van der Waals surface area contributed by atoms with Gasteiger partial charge in [-0.25, -0.2) is 4.39 Å². The largest absolute Gasteiger partial charge is 0.411 e. The van der Waals surface area contributed by atoms with Gasteiger partial charge in [-0.05, 0) is 24.3 Å². The SMILES string of the molecule is N#CCCn1cc(/C=N/O)c(-c2ccc(F)cc2)n1. The van der Waals surface area contributed by atoms with Crippen LogP contribution in [0.4, 0.5) is 4.39 Å². The van der Waals surface area contributed by atoms with Crippen LogP contribution in [-0.4, -0.2) is 21.2 Å². The Balaban J connectivity index is 2.40. The van der Waals surface area contributed by atoms with Crippen molar-refractivity contribution in [3.05, 3.63) is 41.8 Å². The minimum atomic E-state index is -0.329. The van der Waals surface area contributed by atoms with Crippen molar-refractivity contribution >= 4 is 6.21 Å². The van der Waals surface area contributed by atoms with Crippen LogP contribution in [0.3, 0.4) is 0 Å².